The van der Waals surface area contributed by atoms with E-state index in [0.717, 1.165) is 45.9 Å². The van der Waals surface area contributed by atoms with Gasteiger partial charge in [-0.25, -0.2) is 0 Å². The molecular formula is C25H35N3O. The predicted octanol–water partition coefficient (Wildman–Crippen LogP) is 3.96. The van der Waals surface area contributed by atoms with Gasteiger partial charge >= 0.3 is 0 Å². The van der Waals surface area contributed by atoms with E-state index < -0.39 is 0 Å². The van der Waals surface area contributed by atoms with Crippen LogP contribution >= 0.6 is 0 Å². The third-order valence-corrected chi connectivity index (χ3v) is 6.33. The maximum atomic E-state index is 5.60. The van der Waals surface area contributed by atoms with Gasteiger partial charge in [0.1, 0.15) is 0 Å². The molecule has 29 heavy (non-hydrogen) atoms. The first-order chi connectivity index (χ1) is 14.4. The van der Waals surface area contributed by atoms with Gasteiger partial charge in [0.15, 0.2) is 0 Å². The lowest BCUT2D eigenvalue weighted by Crippen LogP contribution is -2.47. The number of nitrogens with zero attached hydrogens (tertiary/aromatic N) is 2. The fourth-order valence-corrected chi connectivity index (χ4v) is 4.57. The molecule has 0 aromatic heterocycles. The lowest BCUT2D eigenvalue weighted by molar-refractivity contribution is 0.181. The highest BCUT2D eigenvalue weighted by Gasteiger charge is 2.22. The van der Waals surface area contributed by atoms with Gasteiger partial charge in [-0.05, 0) is 56.0 Å². The second kappa shape index (κ2) is 10.8. The van der Waals surface area contributed by atoms with Crippen molar-refractivity contribution in [1.82, 2.24) is 10.2 Å². The number of piperazine rings is 1. The molecule has 0 aliphatic carbocycles. The van der Waals surface area contributed by atoms with Crippen molar-refractivity contribution >= 4 is 5.69 Å². The predicted molar refractivity (Wildman–Crippen MR) is 120 cm³/mol. The third kappa shape index (κ3) is 6.05. The van der Waals surface area contributed by atoms with Crippen LogP contribution in [0.2, 0.25) is 0 Å². The SMILES string of the molecule is c1ccc([C@@H](C[C@H]2CCOC2)NCCCN2CCN(c3ccccc3)CC2)cc1. The van der Waals surface area contributed by atoms with Crippen LogP contribution in [0.5, 0.6) is 0 Å². The largest absolute Gasteiger partial charge is 0.381 e. The Morgan fingerprint density at radius 1 is 0.931 bits per heavy atom. The van der Waals surface area contributed by atoms with Crippen LogP contribution < -0.4 is 10.2 Å². The molecule has 1 N–H and O–H groups in total. The second-order valence-corrected chi connectivity index (χ2v) is 8.40. The van der Waals surface area contributed by atoms with Crippen LogP contribution in [-0.4, -0.2) is 57.4 Å². The van der Waals surface area contributed by atoms with Gasteiger partial charge in [0.25, 0.3) is 0 Å². The van der Waals surface area contributed by atoms with Crippen LogP contribution in [0.15, 0.2) is 60.7 Å². The minimum atomic E-state index is 0.442. The number of hydrogen-bond donors (Lipinski definition) is 1. The molecule has 2 atom stereocenters. The molecule has 2 heterocycles. The first-order valence-corrected chi connectivity index (χ1v) is 11.3. The number of rotatable bonds is 9. The Morgan fingerprint density at radius 3 is 2.34 bits per heavy atom. The molecule has 0 radical (unpaired) electrons. The van der Waals surface area contributed by atoms with Gasteiger partial charge in [-0.1, -0.05) is 48.5 Å². The fraction of sp³-hybridized carbons (Fsp3) is 0.520. The molecule has 4 heteroatoms. The van der Waals surface area contributed by atoms with Crippen LogP contribution in [0.3, 0.4) is 0 Å². The molecule has 0 amide bonds. The minimum absolute atomic E-state index is 0.442. The molecule has 2 fully saturated rings. The highest BCUT2D eigenvalue weighted by molar-refractivity contribution is 5.46. The van der Waals surface area contributed by atoms with Crippen LogP contribution in [-0.2, 0) is 4.74 Å². The summed E-state index contributed by atoms with van der Waals surface area (Å²) in [5.41, 5.74) is 2.77. The standard InChI is InChI=1S/C25H35N3O/c1-3-8-23(9-4-1)25(20-22-12-19-29-21-22)26-13-7-14-27-15-17-28(18-16-27)24-10-5-2-6-11-24/h1-6,8-11,22,25-26H,7,12-21H2/t22-,25-/m1/s1. The maximum absolute atomic E-state index is 5.60. The molecular weight excluding hydrogens is 358 g/mol. The molecule has 4 nitrogen and oxygen atoms in total. The van der Waals surface area contributed by atoms with Crippen molar-refractivity contribution < 1.29 is 4.74 Å². The average molecular weight is 394 g/mol. The van der Waals surface area contributed by atoms with Crippen LogP contribution in [0.4, 0.5) is 5.69 Å². The topological polar surface area (TPSA) is 27.7 Å². The van der Waals surface area contributed by atoms with E-state index in [2.05, 4.69) is 75.8 Å². The minimum Gasteiger partial charge on any atom is -0.381 e. The first kappa shape index (κ1) is 20.4. The molecule has 0 spiro atoms. The molecule has 0 unspecified atom stereocenters. The van der Waals surface area contributed by atoms with Crippen molar-refractivity contribution in [3.63, 3.8) is 0 Å². The molecule has 2 aromatic rings. The van der Waals surface area contributed by atoms with E-state index in [1.165, 1.54) is 37.1 Å². The molecule has 2 aliphatic heterocycles. The van der Waals surface area contributed by atoms with Crippen molar-refractivity contribution in [3.05, 3.63) is 66.2 Å². The van der Waals surface area contributed by atoms with Crippen molar-refractivity contribution in [1.29, 1.82) is 0 Å². The van der Waals surface area contributed by atoms with Gasteiger partial charge in [-0.3, -0.25) is 4.90 Å². The molecule has 0 saturated carbocycles. The summed E-state index contributed by atoms with van der Waals surface area (Å²) in [6, 6.07) is 22.2. The second-order valence-electron chi connectivity index (χ2n) is 8.40. The van der Waals surface area contributed by atoms with E-state index in [1.54, 1.807) is 0 Å². The Balaban J connectivity index is 1.19. The molecule has 2 saturated heterocycles. The Bertz CT molecular complexity index is 695. The smallest absolute Gasteiger partial charge is 0.0495 e. The zero-order valence-corrected chi connectivity index (χ0v) is 17.5. The summed E-state index contributed by atoms with van der Waals surface area (Å²) in [5.74, 6) is 0.693. The zero-order chi connectivity index (χ0) is 19.7. The third-order valence-electron chi connectivity index (χ3n) is 6.33. The highest BCUT2D eigenvalue weighted by Crippen LogP contribution is 2.26. The number of nitrogens with one attached hydrogen (secondary N) is 1. The van der Waals surface area contributed by atoms with Crippen LogP contribution in [0, 0.1) is 5.92 Å². The molecule has 2 aromatic carbocycles. The van der Waals surface area contributed by atoms with Gasteiger partial charge in [-0.15, -0.1) is 0 Å². The van der Waals surface area contributed by atoms with E-state index in [-0.39, 0.29) is 0 Å². The average Bonchev–Trinajstić information content (AvgIpc) is 3.31. The van der Waals surface area contributed by atoms with Crippen molar-refractivity contribution in [2.75, 3.05) is 57.4 Å². The van der Waals surface area contributed by atoms with Crippen LogP contribution in [0.25, 0.3) is 0 Å². The van der Waals surface area contributed by atoms with Crippen molar-refractivity contribution in [3.8, 4) is 0 Å². The number of para-hydroxylation sites is 1. The molecule has 4 rings (SSSR count). The Hall–Kier alpha value is -1.88. The molecule has 156 valence electrons. The number of ether oxygens (including phenoxy) is 1. The lowest BCUT2D eigenvalue weighted by Gasteiger charge is -2.36. The summed E-state index contributed by atoms with van der Waals surface area (Å²) in [4.78, 5) is 5.12. The van der Waals surface area contributed by atoms with Crippen molar-refractivity contribution in [2.24, 2.45) is 5.92 Å². The Kier molecular flexibility index (Phi) is 7.57. The monoisotopic (exact) mass is 393 g/mol. The van der Waals surface area contributed by atoms with E-state index >= 15 is 0 Å². The van der Waals surface area contributed by atoms with E-state index in [9.17, 15) is 0 Å². The Labute approximate surface area is 175 Å². The quantitative estimate of drug-likeness (QED) is 0.653. The summed E-state index contributed by atoms with van der Waals surface area (Å²) >= 11 is 0. The highest BCUT2D eigenvalue weighted by atomic mass is 16.5. The first-order valence-electron chi connectivity index (χ1n) is 11.3. The summed E-state index contributed by atoms with van der Waals surface area (Å²) in [7, 11) is 0. The van der Waals surface area contributed by atoms with Crippen molar-refractivity contribution in [2.45, 2.75) is 25.3 Å². The lowest BCUT2D eigenvalue weighted by atomic mass is 9.94. The molecule has 0 bridgehead atoms. The van der Waals surface area contributed by atoms with E-state index in [1.807, 2.05) is 0 Å². The van der Waals surface area contributed by atoms with E-state index in [4.69, 9.17) is 4.74 Å². The normalized spacial score (nSPS) is 21.4. The number of hydrogen-bond acceptors (Lipinski definition) is 4. The van der Waals surface area contributed by atoms with Gasteiger partial charge < -0.3 is 15.0 Å². The van der Waals surface area contributed by atoms with Gasteiger partial charge in [0, 0.05) is 51.1 Å². The van der Waals surface area contributed by atoms with E-state index in [0.29, 0.717) is 12.0 Å². The van der Waals surface area contributed by atoms with Gasteiger partial charge in [0.2, 0.25) is 0 Å². The molecule has 2 aliphatic rings. The van der Waals surface area contributed by atoms with Crippen LogP contribution in [0.1, 0.15) is 30.9 Å². The summed E-state index contributed by atoms with van der Waals surface area (Å²) in [6.45, 7) is 8.71. The Morgan fingerprint density at radius 2 is 1.66 bits per heavy atom. The van der Waals surface area contributed by atoms with Gasteiger partial charge in [0.05, 0.1) is 0 Å². The zero-order valence-electron chi connectivity index (χ0n) is 17.5. The number of benzene rings is 2. The summed E-state index contributed by atoms with van der Waals surface area (Å²) in [5, 5.41) is 3.84. The number of anilines is 1. The summed E-state index contributed by atoms with van der Waals surface area (Å²) < 4.78 is 5.60. The van der Waals surface area contributed by atoms with Gasteiger partial charge in [-0.2, -0.15) is 0 Å². The fourth-order valence-electron chi connectivity index (χ4n) is 4.57. The summed E-state index contributed by atoms with van der Waals surface area (Å²) in [6.07, 6.45) is 3.59. The maximum Gasteiger partial charge on any atom is 0.0495 e.